The Balaban J connectivity index is 1.69. The van der Waals surface area contributed by atoms with Crippen LogP contribution in [0.3, 0.4) is 0 Å². The van der Waals surface area contributed by atoms with Gasteiger partial charge in [-0.05, 0) is 42.2 Å². The summed E-state index contributed by atoms with van der Waals surface area (Å²) in [4.78, 5) is 21.0. The molecule has 4 rings (SSSR count). The smallest absolute Gasteiger partial charge is 0.258 e. The number of benzene rings is 1. The Kier molecular flexibility index (Phi) is 2.70. The zero-order chi connectivity index (χ0) is 14.4. The van der Waals surface area contributed by atoms with Gasteiger partial charge in [-0.2, -0.15) is 0 Å². The number of fused-ring (bicyclic) bond motifs is 2. The van der Waals surface area contributed by atoms with Gasteiger partial charge in [0, 0.05) is 43.8 Å². The molecule has 0 atom stereocenters. The first-order chi connectivity index (χ1) is 10.2. The molecule has 1 amide bonds. The Hall–Kier alpha value is -2.36. The van der Waals surface area contributed by atoms with Crippen molar-refractivity contribution in [1.82, 2.24) is 4.98 Å². The molecule has 0 saturated heterocycles. The van der Waals surface area contributed by atoms with Crippen molar-refractivity contribution in [2.75, 3.05) is 29.9 Å². The minimum atomic E-state index is 0.0862. The fourth-order valence-electron chi connectivity index (χ4n) is 3.27. The van der Waals surface area contributed by atoms with Crippen molar-refractivity contribution in [2.24, 2.45) is 0 Å². The molecule has 0 radical (unpaired) electrons. The van der Waals surface area contributed by atoms with Crippen LogP contribution in [0.4, 0.5) is 11.4 Å². The van der Waals surface area contributed by atoms with E-state index in [0.29, 0.717) is 0 Å². The molecule has 0 spiro atoms. The topological polar surface area (TPSA) is 36.4 Å². The number of anilines is 2. The van der Waals surface area contributed by atoms with Crippen molar-refractivity contribution >= 4 is 17.3 Å². The van der Waals surface area contributed by atoms with Crippen LogP contribution in [0.25, 0.3) is 0 Å². The standard InChI is InChI=1S/C17H17N3O/c1-19-8-5-12-2-3-13(10-16(12)19)17(21)20-9-6-14-11-18-7-4-15(14)20/h2-4,7,10-11H,5-6,8-9H2,1H3. The molecule has 2 aliphatic rings. The van der Waals surface area contributed by atoms with Crippen molar-refractivity contribution in [3.8, 4) is 0 Å². The second-order valence-electron chi connectivity index (χ2n) is 5.73. The summed E-state index contributed by atoms with van der Waals surface area (Å²) >= 11 is 0. The van der Waals surface area contributed by atoms with Crippen LogP contribution in [-0.2, 0) is 12.8 Å². The van der Waals surface area contributed by atoms with Crippen LogP contribution >= 0.6 is 0 Å². The Morgan fingerprint density at radius 2 is 1.95 bits per heavy atom. The van der Waals surface area contributed by atoms with Gasteiger partial charge in [-0.3, -0.25) is 9.78 Å². The summed E-state index contributed by atoms with van der Waals surface area (Å²) in [5, 5.41) is 0. The van der Waals surface area contributed by atoms with E-state index in [1.54, 1.807) is 6.20 Å². The lowest BCUT2D eigenvalue weighted by Gasteiger charge is -2.19. The third kappa shape index (κ3) is 1.90. The molecule has 3 heterocycles. The van der Waals surface area contributed by atoms with E-state index in [9.17, 15) is 4.79 Å². The summed E-state index contributed by atoms with van der Waals surface area (Å²) in [5.41, 5.74) is 5.45. The minimum absolute atomic E-state index is 0.0862. The summed E-state index contributed by atoms with van der Waals surface area (Å²) in [6.07, 6.45) is 5.57. The average Bonchev–Trinajstić information content (AvgIpc) is 3.10. The highest BCUT2D eigenvalue weighted by Crippen LogP contribution is 2.31. The summed E-state index contributed by atoms with van der Waals surface area (Å²) in [6.45, 7) is 1.78. The number of hydrogen-bond acceptors (Lipinski definition) is 3. The van der Waals surface area contributed by atoms with Crippen LogP contribution < -0.4 is 9.80 Å². The highest BCUT2D eigenvalue weighted by molar-refractivity contribution is 6.07. The number of carbonyl (C=O) groups is 1. The summed E-state index contributed by atoms with van der Waals surface area (Å²) < 4.78 is 0. The van der Waals surface area contributed by atoms with Crippen LogP contribution in [0.5, 0.6) is 0 Å². The van der Waals surface area contributed by atoms with Crippen LogP contribution in [-0.4, -0.2) is 31.0 Å². The van der Waals surface area contributed by atoms with Gasteiger partial charge in [0.05, 0.1) is 5.69 Å². The van der Waals surface area contributed by atoms with Gasteiger partial charge in [-0.25, -0.2) is 0 Å². The van der Waals surface area contributed by atoms with E-state index in [-0.39, 0.29) is 5.91 Å². The molecule has 0 aliphatic carbocycles. The molecule has 4 nitrogen and oxygen atoms in total. The number of amides is 1. The third-order valence-electron chi connectivity index (χ3n) is 4.48. The first kappa shape index (κ1) is 12.4. The molecule has 2 aliphatic heterocycles. The zero-order valence-electron chi connectivity index (χ0n) is 12.0. The van der Waals surface area contributed by atoms with E-state index in [1.165, 1.54) is 11.3 Å². The number of carbonyl (C=O) groups excluding carboxylic acids is 1. The first-order valence-corrected chi connectivity index (χ1v) is 7.33. The maximum absolute atomic E-state index is 12.8. The van der Waals surface area contributed by atoms with Crippen LogP contribution in [0, 0.1) is 0 Å². The Morgan fingerprint density at radius 1 is 1.10 bits per heavy atom. The van der Waals surface area contributed by atoms with Gasteiger partial charge < -0.3 is 9.80 Å². The molecule has 0 unspecified atom stereocenters. The van der Waals surface area contributed by atoms with Gasteiger partial charge in [0.1, 0.15) is 0 Å². The number of rotatable bonds is 1. The fraction of sp³-hybridized carbons (Fsp3) is 0.294. The van der Waals surface area contributed by atoms with Crippen molar-refractivity contribution in [2.45, 2.75) is 12.8 Å². The number of pyridine rings is 1. The molecule has 0 saturated carbocycles. The zero-order valence-corrected chi connectivity index (χ0v) is 12.0. The van der Waals surface area contributed by atoms with Gasteiger partial charge in [0.15, 0.2) is 0 Å². The van der Waals surface area contributed by atoms with Crippen molar-refractivity contribution < 1.29 is 4.79 Å². The van der Waals surface area contributed by atoms with Crippen LogP contribution in [0.1, 0.15) is 21.5 Å². The van der Waals surface area contributed by atoms with E-state index in [0.717, 1.165) is 42.7 Å². The fourth-order valence-corrected chi connectivity index (χ4v) is 3.27. The quantitative estimate of drug-likeness (QED) is 0.803. The normalized spacial score (nSPS) is 16.0. The Morgan fingerprint density at radius 3 is 2.86 bits per heavy atom. The summed E-state index contributed by atoms with van der Waals surface area (Å²) in [6, 6.07) is 8.01. The van der Waals surface area contributed by atoms with E-state index < -0.39 is 0 Å². The maximum Gasteiger partial charge on any atom is 0.258 e. The van der Waals surface area contributed by atoms with Gasteiger partial charge >= 0.3 is 0 Å². The van der Waals surface area contributed by atoms with E-state index in [4.69, 9.17) is 0 Å². The van der Waals surface area contributed by atoms with Gasteiger partial charge in [0.25, 0.3) is 5.91 Å². The monoisotopic (exact) mass is 279 g/mol. The highest BCUT2D eigenvalue weighted by Gasteiger charge is 2.26. The first-order valence-electron chi connectivity index (χ1n) is 7.33. The second kappa shape index (κ2) is 4.58. The van der Waals surface area contributed by atoms with Gasteiger partial charge in [-0.15, -0.1) is 0 Å². The van der Waals surface area contributed by atoms with Gasteiger partial charge in [0.2, 0.25) is 0 Å². The summed E-state index contributed by atoms with van der Waals surface area (Å²) in [7, 11) is 2.08. The molecule has 106 valence electrons. The number of aromatic nitrogens is 1. The lowest BCUT2D eigenvalue weighted by atomic mass is 10.1. The molecular weight excluding hydrogens is 262 g/mol. The summed E-state index contributed by atoms with van der Waals surface area (Å²) in [5.74, 6) is 0.0862. The highest BCUT2D eigenvalue weighted by atomic mass is 16.2. The number of hydrogen-bond donors (Lipinski definition) is 0. The van der Waals surface area contributed by atoms with Crippen LogP contribution in [0.15, 0.2) is 36.7 Å². The molecular formula is C17H17N3O. The molecule has 21 heavy (non-hydrogen) atoms. The van der Waals surface area contributed by atoms with Crippen molar-refractivity contribution in [3.05, 3.63) is 53.3 Å². The van der Waals surface area contributed by atoms with E-state index in [1.807, 2.05) is 29.3 Å². The lowest BCUT2D eigenvalue weighted by molar-refractivity contribution is 0.0989. The van der Waals surface area contributed by atoms with Crippen LogP contribution in [0.2, 0.25) is 0 Å². The molecule has 1 aromatic carbocycles. The molecule has 2 aromatic rings. The minimum Gasteiger partial charge on any atom is -0.374 e. The maximum atomic E-state index is 12.8. The molecule has 1 aromatic heterocycles. The largest absolute Gasteiger partial charge is 0.374 e. The van der Waals surface area contributed by atoms with E-state index >= 15 is 0 Å². The Bertz CT molecular complexity index is 726. The van der Waals surface area contributed by atoms with Crippen molar-refractivity contribution in [3.63, 3.8) is 0 Å². The lowest BCUT2D eigenvalue weighted by Crippen LogP contribution is -2.29. The number of nitrogens with zero attached hydrogens (tertiary/aromatic N) is 3. The predicted octanol–water partition coefficient (Wildman–Crippen LogP) is 2.28. The Labute approximate surface area is 124 Å². The molecule has 0 N–H and O–H groups in total. The molecule has 0 bridgehead atoms. The van der Waals surface area contributed by atoms with Gasteiger partial charge in [-0.1, -0.05) is 6.07 Å². The van der Waals surface area contributed by atoms with E-state index in [2.05, 4.69) is 23.0 Å². The second-order valence-corrected chi connectivity index (χ2v) is 5.73. The third-order valence-corrected chi connectivity index (χ3v) is 4.48. The predicted molar refractivity (Wildman–Crippen MR) is 83.0 cm³/mol. The van der Waals surface area contributed by atoms with Crippen molar-refractivity contribution in [1.29, 1.82) is 0 Å². The molecule has 0 fully saturated rings. The molecule has 4 heteroatoms. The average molecular weight is 279 g/mol. The SMILES string of the molecule is CN1CCc2ccc(C(=O)N3CCc4cnccc43)cc21. The number of likely N-dealkylation sites (N-methyl/N-ethyl adjacent to an activating group) is 1.